The lowest BCUT2D eigenvalue weighted by molar-refractivity contribution is -0.0675. The summed E-state index contributed by atoms with van der Waals surface area (Å²) in [4.78, 5) is 15.2. The van der Waals surface area contributed by atoms with Crippen LogP contribution in [0.15, 0.2) is 30.5 Å². The van der Waals surface area contributed by atoms with E-state index in [1.54, 1.807) is 12.1 Å². The summed E-state index contributed by atoms with van der Waals surface area (Å²) in [5, 5.41) is 22.2. The lowest BCUT2D eigenvalue weighted by atomic mass is 9.76. The first-order valence-electron chi connectivity index (χ1n) is 11.2. The van der Waals surface area contributed by atoms with E-state index in [-0.39, 0.29) is 42.6 Å². The zero-order valence-corrected chi connectivity index (χ0v) is 18.2. The number of nitriles is 1. The topological polar surface area (TPSA) is 96.8 Å². The lowest BCUT2D eigenvalue weighted by Crippen LogP contribution is -2.54. The normalized spacial score (nSPS) is 25.2. The van der Waals surface area contributed by atoms with E-state index in [0.717, 1.165) is 12.8 Å². The molecular formula is C23H27F3N6O. The first-order chi connectivity index (χ1) is 15.8. The number of alkyl halides is 2. The second kappa shape index (κ2) is 9.43. The van der Waals surface area contributed by atoms with Crippen molar-refractivity contribution in [2.45, 2.75) is 62.4 Å². The van der Waals surface area contributed by atoms with E-state index in [4.69, 9.17) is 0 Å². The lowest BCUT2D eigenvalue weighted by Gasteiger charge is -2.45. The van der Waals surface area contributed by atoms with Crippen molar-refractivity contribution in [3.8, 4) is 6.07 Å². The minimum atomic E-state index is -2.58. The van der Waals surface area contributed by atoms with Crippen LogP contribution >= 0.6 is 0 Å². The van der Waals surface area contributed by atoms with Crippen molar-refractivity contribution in [2.75, 3.05) is 18.4 Å². The molecule has 1 amide bonds. The Morgan fingerprint density at radius 1 is 1.18 bits per heavy atom. The van der Waals surface area contributed by atoms with Crippen LogP contribution in [0.5, 0.6) is 0 Å². The van der Waals surface area contributed by atoms with Crippen LogP contribution in [-0.2, 0) is 0 Å². The van der Waals surface area contributed by atoms with Gasteiger partial charge in [0.05, 0.1) is 24.2 Å². The molecule has 0 radical (unpaired) electrons. The van der Waals surface area contributed by atoms with Gasteiger partial charge in [-0.05, 0) is 49.9 Å². The fraction of sp³-hybridized carbons (Fsp3) is 0.522. The van der Waals surface area contributed by atoms with E-state index in [9.17, 15) is 23.2 Å². The molecule has 1 aliphatic carbocycles. The summed E-state index contributed by atoms with van der Waals surface area (Å²) in [6, 6.07) is 8.09. The van der Waals surface area contributed by atoms with Crippen LogP contribution in [0, 0.1) is 17.1 Å². The van der Waals surface area contributed by atoms with E-state index < -0.39 is 11.5 Å². The van der Waals surface area contributed by atoms with Gasteiger partial charge in [0.25, 0.3) is 11.8 Å². The van der Waals surface area contributed by atoms with Crippen molar-refractivity contribution in [1.29, 1.82) is 5.26 Å². The van der Waals surface area contributed by atoms with Gasteiger partial charge in [-0.15, -0.1) is 0 Å². The molecule has 4 rings (SSSR count). The molecule has 2 aromatic rings. The average Bonchev–Trinajstić information content (AvgIpc) is 3.25. The maximum absolute atomic E-state index is 13.5. The van der Waals surface area contributed by atoms with Crippen LogP contribution in [0.1, 0.15) is 55.3 Å². The highest BCUT2D eigenvalue weighted by atomic mass is 19.3. The molecule has 1 aromatic heterocycles. The number of amides is 1. The van der Waals surface area contributed by atoms with Crippen molar-refractivity contribution in [2.24, 2.45) is 0 Å². The van der Waals surface area contributed by atoms with Gasteiger partial charge in [-0.1, -0.05) is 0 Å². The number of carbonyl (C=O) groups is 1. The first kappa shape index (κ1) is 23.1. The Kier molecular flexibility index (Phi) is 6.61. The van der Waals surface area contributed by atoms with E-state index in [1.165, 1.54) is 18.3 Å². The summed E-state index contributed by atoms with van der Waals surface area (Å²) in [6.07, 6.45) is 4.01. The van der Waals surface area contributed by atoms with Gasteiger partial charge in [0, 0.05) is 37.7 Å². The Morgan fingerprint density at radius 2 is 1.85 bits per heavy atom. The molecule has 176 valence electrons. The Balaban J connectivity index is 1.40. The van der Waals surface area contributed by atoms with Gasteiger partial charge >= 0.3 is 0 Å². The zero-order chi connectivity index (χ0) is 23.5. The van der Waals surface area contributed by atoms with Gasteiger partial charge in [-0.3, -0.25) is 14.8 Å². The predicted molar refractivity (Wildman–Crippen MR) is 117 cm³/mol. The maximum Gasteiger partial charge on any atom is 0.257 e. The maximum atomic E-state index is 13.5. The summed E-state index contributed by atoms with van der Waals surface area (Å²) in [6.45, 7) is 0.755. The number of carbonyl (C=O) groups excluding carboxylic acids is 1. The van der Waals surface area contributed by atoms with Crippen molar-refractivity contribution < 1.29 is 18.0 Å². The summed E-state index contributed by atoms with van der Waals surface area (Å²) >= 11 is 0. The number of nitrogens with zero attached hydrogens (tertiary/aromatic N) is 3. The number of hydrogen-bond acceptors (Lipinski definition) is 5. The highest BCUT2D eigenvalue weighted by Crippen LogP contribution is 2.37. The number of likely N-dealkylation sites (tertiary alicyclic amines) is 1. The fourth-order valence-electron chi connectivity index (χ4n) is 4.77. The predicted octanol–water partition coefficient (Wildman–Crippen LogP) is 4.35. The van der Waals surface area contributed by atoms with Gasteiger partial charge in [0.1, 0.15) is 17.2 Å². The summed E-state index contributed by atoms with van der Waals surface area (Å²) in [5.41, 5.74) is 0.206. The third kappa shape index (κ3) is 5.47. The number of aromatic nitrogens is 2. The van der Waals surface area contributed by atoms with E-state index in [1.807, 2.05) is 0 Å². The van der Waals surface area contributed by atoms with Crippen LogP contribution in [0.4, 0.5) is 24.7 Å². The molecule has 1 aliphatic heterocycles. The number of nitrogens with one attached hydrogen (secondary N) is 3. The molecule has 1 saturated carbocycles. The standard InChI is InChI=1S/C23H27F3N6O/c24-16-1-3-17(4-2-16)29-20-19(15-28-31-20)21(33)30-22(9-12-27)7-5-18(6-8-22)32-13-10-23(25,26)11-14-32/h1-4,15,18H,5-11,13-14H2,(H,30,33)(H2,28,29,31). The molecule has 0 atom stereocenters. The number of anilines is 2. The Labute approximate surface area is 190 Å². The smallest absolute Gasteiger partial charge is 0.257 e. The monoisotopic (exact) mass is 460 g/mol. The summed E-state index contributed by atoms with van der Waals surface area (Å²) in [7, 11) is 0. The second-order valence-electron chi connectivity index (χ2n) is 8.98. The van der Waals surface area contributed by atoms with Crippen LogP contribution in [0.2, 0.25) is 0 Å². The molecule has 3 N–H and O–H groups in total. The van der Waals surface area contributed by atoms with E-state index in [0.29, 0.717) is 37.4 Å². The molecule has 2 fully saturated rings. The fourth-order valence-corrected chi connectivity index (χ4v) is 4.77. The number of piperidine rings is 1. The third-order valence-electron chi connectivity index (χ3n) is 6.75. The van der Waals surface area contributed by atoms with Gasteiger partial charge in [-0.2, -0.15) is 10.4 Å². The number of halogens is 3. The van der Waals surface area contributed by atoms with E-state index >= 15 is 0 Å². The SMILES string of the molecule is N#CCC1(NC(=O)c2cn[nH]c2Nc2ccc(F)cc2)CCC(N2CCC(F)(F)CC2)CC1. The molecule has 10 heteroatoms. The molecule has 7 nitrogen and oxygen atoms in total. The van der Waals surface area contributed by atoms with Gasteiger partial charge in [0.15, 0.2) is 0 Å². The molecule has 0 spiro atoms. The Morgan fingerprint density at radius 3 is 2.48 bits per heavy atom. The Bertz CT molecular complexity index is 998. The Hall–Kier alpha value is -3.06. The number of benzene rings is 1. The molecule has 2 heterocycles. The molecule has 33 heavy (non-hydrogen) atoms. The van der Waals surface area contributed by atoms with E-state index in [2.05, 4.69) is 31.8 Å². The zero-order valence-electron chi connectivity index (χ0n) is 18.2. The average molecular weight is 461 g/mol. The minimum absolute atomic E-state index is 0.117. The largest absolute Gasteiger partial charge is 0.345 e. The third-order valence-corrected chi connectivity index (χ3v) is 6.75. The first-order valence-corrected chi connectivity index (χ1v) is 11.2. The molecule has 1 aromatic carbocycles. The van der Waals surface area contributed by atoms with Crippen molar-refractivity contribution in [1.82, 2.24) is 20.4 Å². The molecule has 0 bridgehead atoms. The number of H-pyrrole nitrogens is 1. The number of hydrogen-bond donors (Lipinski definition) is 3. The van der Waals surface area contributed by atoms with Crippen molar-refractivity contribution in [3.63, 3.8) is 0 Å². The second-order valence-corrected chi connectivity index (χ2v) is 8.98. The minimum Gasteiger partial charge on any atom is -0.345 e. The highest BCUT2D eigenvalue weighted by Gasteiger charge is 2.41. The van der Waals surface area contributed by atoms with Gasteiger partial charge in [-0.25, -0.2) is 13.2 Å². The van der Waals surface area contributed by atoms with Crippen LogP contribution in [0.3, 0.4) is 0 Å². The quantitative estimate of drug-likeness (QED) is 0.596. The summed E-state index contributed by atoms with van der Waals surface area (Å²) in [5.74, 6) is -2.93. The molecule has 0 unspecified atom stereocenters. The highest BCUT2D eigenvalue weighted by molar-refractivity contribution is 5.99. The van der Waals surface area contributed by atoms with Crippen molar-refractivity contribution in [3.05, 3.63) is 41.8 Å². The molecular weight excluding hydrogens is 433 g/mol. The van der Waals surface area contributed by atoms with Crippen molar-refractivity contribution >= 4 is 17.4 Å². The van der Waals surface area contributed by atoms with Crippen LogP contribution < -0.4 is 10.6 Å². The van der Waals surface area contributed by atoms with Gasteiger partial charge in [0.2, 0.25) is 0 Å². The van der Waals surface area contributed by atoms with Crippen LogP contribution in [-0.4, -0.2) is 51.6 Å². The van der Waals surface area contributed by atoms with Crippen LogP contribution in [0.25, 0.3) is 0 Å². The number of aromatic amines is 1. The molecule has 1 saturated heterocycles. The molecule has 2 aliphatic rings. The number of rotatable bonds is 6. The van der Waals surface area contributed by atoms with Gasteiger partial charge < -0.3 is 10.6 Å². The summed E-state index contributed by atoms with van der Waals surface area (Å²) < 4.78 is 40.1.